The summed E-state index contributed by atoms with van der Waals surface area (Å²) in [5.74, 6) is -0.180. The molecule has 0 saturated carbocycles. The van der Waals surface area contributed by atoms with E-state index in [9.17, 15) is 4.79 Å². The second-order valence-corrected chi connectivity index (χ2v) is 2.52. The molecule has 12 heavy (non-hydrogen) atoms. The third-order valence-electron chi connectivity index (χ3n) is 1.68. The monoisotopic (exact) mass is 171 g/mol. The van der Waals surface area contributed by atoms with E-state index in [4.69, 9.17) is 0 Å². The Morgan fingerprint density at radius 3 is 2.75 bits per heavy atom. The molecular weight excluding hydrogens is 154 g/mol. The average Bonchev–Trinajstić information content (AvgIpc) is 2.11. The molecule has 3 heteroatoms. The van der Waals surface area contributed by atoms with Gasteiger partial charge in [0.2, 0.25) is 0 Å². The van der Waals surface area contributed by atoms with Gasteiger partial charge in [0.25, 0.3) is 0 Å². The molecule has 0 aromatic heterocycles. The van der Waals surface area contributed by atoms with Gasteiger partial charge in [-0.15, -0.1) is 6.58 Å². The highest BCUT2D eigenvalue weighted by Gasteiger charge is 2.06. The molecule has 0 aliphatic carbocycles. The van der Waals surface area contributed by atoms with E-state index in [-0.39, 0.29) is 5.97 Å². The van der Waals surface area contributed by atoms with Crippen LogP contribution in [0.25, 0.3) is 0 Å². The molecule has 0 aliphatic rings. The maximum absolute atomic E-state index is 10.9. The number of nitrogens with zero attached hydrogens (tertiary/aromatic N) is 1. The van der Waals surface area contributed by atoms with Crippen LogP contribution in [-0.4, -0.2) is 37.6 Å². The fourth-order valence-electron chi connectivity index (χ4n) is 0.870. The molecule has 0 spiro atoms. The number of carbonyl (C=O) groups is 1. The summed E-state index contributed by atoms with van der Waals surface area (Å²) in [5, 5.41) is 0. The molecule has 0 bridgehead atoms. The predicted molar refractivity (Wildman–Crippen MR) is 48.9 cm³/mol. The lowest BCUT2D eigenvalue weighted by atomic mass is 10.3. The number of hydrogen-bond donors (Lipinski definition) is 0. The Bertz CT molecular complexity index is 145. The molecule has 0 saturated heterocycles. The molecule has 0 aliphatic heterocycles. The predicted octanol–water partition coefficient (Wildman–Crippen LogP) is 1.06. The largest absolute Gasteiger partial charge is 0.468 e. The van der Waals surface area contributed by atoms with Crippen molar-refractivity contribution in [2.75, 3.05) is 26.7 Å². The first-order valence-electron chi connectivity index (χ1n) is 4.14. The fourth-order valence-corrected chi connectivity index (χ4v) is 0.870. The van der Waals surface area contributed by atoms with Gasteiger partial charge >= 0.3 is 5.97 Å². The van der Waals surface area contributed by atoms with Crippen molar-refractivity contribution in [1.82, 2.24) is 4.90 Å². The van der Waals surface area contributed by atoms with Crippen LogP contribution in [0.15, 0.2) is 12.7 Å². The van der Waals surface area contributed by atoms with Crippen LogP contribution < -0.4 is 0 Å². The zero-order chi connectivity index (χ0) is 9.40. The lowest BCUT2D eigenvalue weighted by Crippen LogP contribution is -2.31. The van der Waals surface area contributed by atoms with Crippen LogP contribution >= 0.6 is 0 Å². The lowest BCUT2D eigenvalue weighted by Gasteiger charge is -2.17. The van der Waals surface area contributed by atoms with Gasteiger partial charge in [0.05, 0.1) is 13.7 Å². The number of likely N-dealkylation sites (N-methyl/N-ethyl adjacent to an activating group) is 1. The van der Waals surface area contributed by atoms with Gasteiger partial charge < -0.3 is 4.74 Å². The number of ether oxygens (including phenoxy) is 1. The van der Waals surface area contributed by atoms with Crippen molar-refractivity contribution in [3.63, 3.8) is 0 Å². The molecule has 0 rings (SSSR count). The minimum absolute atomic E-state index is 0.180. The van der Waals surface area contributed by atoms with E-state index in [0.717, 1.165) is 19.5 Å². The summed E-state index contributed by atoms with van der Waals surface area (Å²) in [7, 11) is 1.41. The Kier molecular flexibility index (Phi) is 6.38. The SMILES string of the molecule is C=CCCN(CC)CC(=O)OC. The Labute approximate surface area is 74.0 Å². The topological polar surface area (TPSA) is 29.5 Å². The van der Waals surface area contributed by atoms with E-state index in [1.807, 2.05) is 17.9 Å². The Hall–Kier alpha value is -0.830. The first-order valence-corrected chi connectivity index (χ1v) is 4.14. The van der Waals surface area contributed by atoms with E-state index >= 15 is 0 Å². The third kappa shape index (κ3) is 4.91. The van der Waals surface area contributed by atoms with Crippen LogP contribution in [0.4, 0.5) is 0 Å². The highest BCUT2D eigenvalue weighted by atomic mass is 16.5. The molecule has 0 aromatic carbocycles. The molecular formula is C9H17NO2. The summed E-state index contributed by atoms with van der Waals surface area (Å²) in [5.41, 5.74) is 0. The molecule has 0 atom stereocenters. The van der Waals surface area contributed by atoms with E-state index in [1.54, 1.807) is 0 Å². The van der Waals surface area contributed by atoms with Gasteiger partial charge in [-0.2, -0.15) is 0 Å². The van der Waals surface area contributed by atoms with Crippen LogP contribution in [0.1, 0.15) is 13.3 Å². The highest BCUT2D eigenvalue weighted by Crippen LogP contribution is 1.92. The number of carbonyl (C=O) groups excluding carboxylic acids is 1. The van der Waals surface area contributed by atoms with Gasteiger partial charge in [-0.3, -0.25) is 9.69 Å². The number of hydrogen-bond acceptors (Lipinski definition) is 3. The van der Waals surface area contributed by atoms with Crippen molar-refractivity contribution < 1.29 is 9.53 Å². The molecule has 0 radical (unpaired) electrons. The fraction of sp³-hybridized carbons (Fsp3) is 0.667. The molecule has 0 amide bonds. The van der Waals surface area contributed by atoms with Gasteiger partial charge in [0, 0.05) is 6.54 Å². The van der Waals surface area contributed by atoms with Crippen LogP contribution in [-0.2, 0) is 9.53 Å². The van der Waals surface area contributed by atoms with Crippen LogP contribution in [0.3, 0.4) is 0 Å². The number of methoxy groups -OCH3 is 1. The van der Waals surface area contributed by atoms with E-state index in [0.29, 0.717) is 6.54 Å². The van der Waals surface area contributed by atoms with Gasteiger partial charge in [-0.05, 0) is 13.0 Å². The summed E-state index contributed by atoms with van der Waals surface area (Å²) in [6, 6.07) is 0. The summed E-state index contributed by atoms with van der Waals surface area (Å²) in [6.07, 6.45) is 2.75. The first kappa shape index (κ1) is 11.2. The van der Waals surface area contributed by atoms with Crippen molar-refractivity contribution in [3.8, 4) is 0 Å². The number of esters is 1. The summed E-state index contributed by atoms with van der Waals surface area (Å²) >= 11 is 0. The van der Waals surface area contributed by atoms with Crippen molar-refractivity contribution >= 4 is 5.97 Å². The first-order chi connectivity index (χ1) is 5.74. The average molecular weight is 171 g/mol. The van der Waals surface area contributed by atoms with Crippen molar-refractivity contribution in [1.29, 1.82) is 0 Å². The van der Waals surface area contributed by atoms with Gasteiger partial charge in [0.15, 0.2) is 0 Å². The Morgan fingerprint density at radius 2 is 2.33 bits per heavy atom. The second kappa shape index (κ2) is 6.85. The van der Waals surface area contributed by atoms with Crippen LogP contribution in [0.2, 0.25) is 0 Å². The molecule has 0 fully saturated rings. The quantitative estimate of drug-likeness (QED) is 0.442. The molecule has 3 nitrogen and oxygen atoms in total. The summed E-state index contributed by atoms with van der Waals surface area (Å²) in [6.45, 7) is 7.75. The Balaban J connectivity index is 3.66. The van der Waals surface area contributed by atoms with E-state index in [2.05, 4.69) is 11.3 Å². The second-order valence-electron chi connectivity index (χ2n) is 2.52. The highest BCUT2D eigenvalue weighted by molar-refractivity contribution is 5.71. The minimum Gasteiger partial charge on any atom is -0.468 e. The van der Waals surface area contributed by atoms with Crippen molar-refractivity contribution in [2.24, 2.45) is 0 Å². The van der Waals surface area contributed by atoms with Gasteiger partial charge in [-0.1, -0.05) is 13.0 Å². The van der Waals surface area contributed by atoms with Crippen molar-refractivity contribution in [2.45, 2.75) is 13.3 Å². The van der Waals surface area contributed by atoms with E-state index in [1.165, 1.54) is 7.11 Å². The molecule has 0 heterocycles. The van der Waals surface area contributed by atoms with Crippen LogP contribution in [0, 0.1) is 0 Å². The summed E-state index contributed by atoms with van der Waals surface area (Å²) in [4.78, 5) is 12.9. The molecule has 0 unspecified atom stereocenters. The Morgan fingerprint density at radius 1 is 1.67 bits per heavy atom. The number of rotatable bonds is 6. The molecule has 70 valence electrons. The zero-order valence-corrected chi connectivity index (χ0v) is 7.88. The van der Waals surface area contributed by atoms with E-state index < -0.39 is 0 Å². The maximum Gasteiger partial charge on any atom is 0.319 e. The third-order valence-corrected chi connectivity index (χ3v) is 1.68. The van der Waals surface area contributed by atoms with Gasteiger partial charge in [-0.25, -0.2) is 0 Å². The zero-order valence-electron chi connectivity index (χ0n) is 7.88. The summed E-state index contributed by atoms with van der Waals surface area (Å²) < 4.78 is 4.56. The van der Waals surface area contributed by atoms with Crippen molar-refractivity contribution in [3.05, 3.63) is 12.7 Å². The normalized spacial score (nSPS) is 9.92. The lowest BCUT2D eigenvalue weighted by molar-refractivity contribution is -0.141. The minimum atomic E-state index is -0.180. The van der Waals surface area contributed by atoms with Gasteiger partial charge in [0.1, 0.15) is 0 Å². The maximum atomic E-state index is 10.9. The van der Waals surface area contributed by atoms with Crippen LogP contribution in [0.5, 0.6) is 0 Å². The molecule has 0 N–H and O–H groups in total. The molecule has 0 aromatic rings. The standard InChI is InChI=1S/C9H17NO2/c1-4-6-7-10(5-2)8-9(11)12-3/h4H,1,5-8H2,2-3H3. The smallest absolute Gasteiger partial charge is 0.319 e.